The third kappa shape index (κ3) is 7.99. The van der Waals surface area contributed by atoms with Gasteiger partial charge in [-0.15, -0.1) is 0 Å². The lowest BCUT2D eigenvalue weighted by atomic mass is 9.95. The first kappa shape index (κ1) is 26.5. The predicted octanol–water partition coefficient (Wildman–Crippen LogP) is 3.61. The van der Waals surface area contributed by atoms with Crippen LogP contribution in [-0.4, -0.2) is 46.0 Å². The zero-order chi connectivity index (χ0) is 25.4. The van der Waals surface area contributed by atoms with Gasteiger partial charge in [-0.25, -0.2) is 4.39 Å². The summed E-state index contributed by atoms with van der Waals surface area (Å²) >= 11 is 0. The summed E-state index contributed by atoms with van der Waals surface area (Å²) in [6, 6.07) is 10.8. The van der Waals surface area contributed by atoms with Gasteiger partial charge in [-0.05, 0) is 68.1 Å². The Balaban J connectivity index is 1.66. The van der Waals surface area contributed by atoms with Gasteiger partial charge in [0.2, 0.25) is 17.7 Å². The summed E-state index contributed by atoms with van der Waals surface area (Å²) in [5, 5.41) is 5.57. The van der Waals surface area contributed by atoms with Gasteiger partial charge in [-0.1, -0.05) is 31.4 Å². The second kappa shape index (κ2) is 12.6. The van der Waals surface area contributed by atoms with E-state index in [1.807, 2.05) is 26.0 Å². The van der Waals surface area contributed by atoms with Crippen LogP contribution in [-0.2, 0) is 25.2 Å². The van der Waals surface area contributed by atoms with Gasteiger partial charge in [0.05, 0.1) is 0 Å². The fourth-order valence-corrected chi connectivity index (χ4v) is 5.04. The number of anilines is 2. The molecular weight excluding hydrogens is 469 g/mol. The van der Waals surface area contributed by atoms with Crippen molar-refractivity contribution in [2.24, 2.45) is 0 Å². The molecule has 0 aliphatic heterocycles. The molecule has 3 amide bonds. The highest BCUT2D eigenvalue weighted by atomic mass is 32.2. The van der Waals surface area contributed by atoms with Crippen LogP contribution in [0.2, 0.25) is 0 Å². The van der Waals surface area contributed by atoms with E-state index in [4.69, 9.17) is 0 Å². The van der Waals surface area contributed by atoms with Crippen molar-refractivity contribution in [1.29, 1.82) is 0 Å². The van der Waals surface area contributed by atoms with Crippen LogP contribution in [0, 0.1) is 19.7 Å². The Morgan fingerprint density at radius 3 is 2.34 bits per heavy atom. The minimum Gasteiger partial charge on any atom is -0.352 e. The highest BCUT2D eigenvalue weighted by Gasteiger charge is 2.25. The monoisotopic (exact) mass is 501 g/mol. The molecule has 1 aliphatic rings. The normalized spacial score (nSPS) is 14.7. The first-order valence-electron chi connectivity index (χ1n) is 11.8. The molecule has 188 valence electrons. The lowest BCUT2D eigenvalue weighted by Gasteiger charge is -2.27. The van der Waals surface area contributed by atoms with Crippen molar-refractivity contribution in [2.45, 2.75) is 52.0 Å². The largest absolute Gasteiger partial charge is 0.352 e. The molecule has 0 radical (unpaired) electrons. The Kier molecular flexibility index (Phi) is 9.54. The summed E-state index contributed by atoms with van der Waals surface area (Å²) < 4.78 is 25.7. The van der Waals surface area contributed by atoms with Gasteiger partial charge in [0.25, 0.3) is 0 Å². The second-order valence-electron chi connectivity index (χ2n) is 8.88. The van der Waals surface area contributed by atoms with Gasteiger partial charge in [0.15, 0.2) is 0 Å². The Labute approximate surface area is 207 Å². The van der Waals surface area contributed by atoms with Gasteiger partial charge >= 0.3 is 0 Å². The van der Waals surface area contributed by atoms with E-state index in [0.717, 1.165) is 36.8 Å². The van der Waals surface area contributed by atoms with E-state index in [9.17, 15) is 23.0 Å². The highest BCUT2D eigenvalue weighted by Crippen LogP contribution is 2.23. The van der Waals surface area contributed by atoms with Crippen LogP contribution in [0.4, 0.5) is 15.8 Å². The van der Waals surface area contributed by atoms with Crippen LogP contribution in [0.5, 0.6) is 0 Å². The molecule has 0 spiro atoms. The van der Waals surface area contributed by atoms with Crippen molar-refractivity contribution in [3.8, 4) is 0 Å². The molecule has 7 nitrogen and oxygen atoms in total. The van der Waals surface area contributed by atoms with Gasteiger partial charge in [-0.3, -0.25) is 18.6 Å². The molecule has 2 aromatic rings. The minimum atomic E-state index is -1.79. The Morgan fingerprint density at radius 2 is 1.66 bits per heavy atom. The number of nitrogens with zero attached hydrogens (tertiary/aromatic N) is 1. The molecule has 0 unspecified atom stereocenters. The van der Waals surface area contributed by atoms with Crippen LogP contribution in [0.25, 0.3) is 0 Å². The van der Waals surface area contributed by atoms with Gasteiger partial charge < -0.3 is 15.5 Å². The number of carbonyl (C=O) groups is 3. The number of carbonyl (C=O) groups excluding carboxylic acids is 3. The molecule has 0 bridgehead atoms. The number of hydrogen-bond donors (Lipinski definition) is 2. The summed E-state index contributed by atoms with van der Waals surface area (Å²) in [7, 11) is -1.79. The van der Waals surface area contributed by atoms with E-state index in [0.29, 0.717) is 11.4 Å². The third-order valence-corrected chi connectivity index (χ3v) is 7.30. The average Bonchev–Trinajstić information content (AvgIpc) is 2.81. The van der Waals surface area contributed by atoms with Gasteiger partial charge in [-0.2, -0.15) is 0 Å². The molecule has 1 fully saturated rings. The van der Waals surface area contributed by atoms with Crippen molar-refractivity contribution >= 4 is 39.9 Å². The number of benzene rings is 2. The number of halogens is 1. The number of nitrogens with one attached hydrogen (secondary N) is 2. The fraction of sp³-hybridized carbons (Fsp3) is 0.423. The summed E-state index contributed by atoms with van der Waals surface area (Å²) in [5.74, 6) is -2.53. The van der Waals surface area contributed by atoms with Crippen molar-refractivity contribution in [1.82, 2.24) is 5.32 Å². The second-order valence-corrected chi connectivity index (χ2v) is 10.3. The summed E-state index contributed by atoms with van der Waals surface area (Å²) in [4.78, 5) is 39.6. The zero-order valence-corrected chi connectivity index (χ0v) is 21.0. The Hall–Kier alpha value is -3.07. The quantitative estimate of drug-likeness (QED) is 0.549. The SMILES string of the molecule is Cc1cccc(N(CC(=O)NC2CCCCC2)C(=O)C[S@](=O)CC(=O)Nc2ccc(F)cc2)c1C. The number of rotatable bonds is 9. The average molecular weight is 502 g/mol. The first-order valence-corrected chi connectivity index (χ1v) is 13.3. The number of aryl methyl sites for hydroxylation is 1. The fourth-order valence-electron chi connectivity index (χ4n) is 4.14. The zero-order valence-electron chi connectivity index (χ0n) is 20.1. The smallest absolute Gasteiger partial charge is 0.240 e. The predicted molar refractivity (Wildman–Crippen MR) is 136 cm³/mol. The van der Waals surface area contributed by atoms with Crippen LogP contribution >= 0.6 is 0 Å². The molecule has 0 aromatic heterocycles. The Bertz CT molecular complexity index is 1080. The molecular formula is C26H32FN3O4S. The van der Waals surface area contributed by atoms with E-state index >= 15 is 0 Å². The van der Waals surface area contributed by atoms with E-state index in [2.05, 4.69) is 10.6 Å². The van der Waals surface area contributed by atoms with Crippen molar-refractivity contribution < 1.29 is 23.0 Å². The van der Waals surface area contributed by atoms with Crippen LogP contribution in [0.1, 0.15) is 43.2 Å². The molecule has 1 saturated carbocycles. The van der Waals surface area contributed by atoms with Crippen molar-refractivity contribution in [3.05, 3.63) is 59.4 Å². The maximum absolute atomic E-state index is 13.2. The summed E-state index contributed by atoms with van der Waals surface area (Å²) in [6.45, 7) is 3.61. The van der Waals surface area contributed by atoms with Crippen molar-refractivity contribution in [2.75, 3.05) is 28.3 Å². The maximum atomic E-state index is 13.2. The Morgan fingerprint density at radius 1 is 0.971 bits per heavy atom. The standard InChI is InChI=1S/C26H32FN3O4S/c1-18-7-6-10-23(19(18)2)30(15-24(31)28-21-8-4-3-5-9-21)26(33)17-35(34)16-25(32)29-22-13-11-20(27)12-14-22/h6-7,10-14,21H,3-5,8-9,15-17H2,1-2H3,(H,28,31)(H,29,32)/t35-/m1/s1. The lowest BCUT2D eigenvalue weighted by Crippen LogP contribution is -2.46. The molecule has 3 rings (SSSR count). The first-order chi connectivity index (χ1) is 16.7. The van der Waals surface area contributed by atoms with E-state index in [1.54, 1.807) is 6.07 Å². The lowest BCUT2D eigenvalue weighted by molar-refractivity contribution is -0.123. The molecule has 1 aliphatic carbocycles. The highest BCUT2D eigenvalue weighted by molar-refractivity contribution is 7.86. The van der Waals surface area contributed by atoms with Gasteiger partial charge in [0.1, 0.15) is 23.9 Å². The van der Waals surface area contributed by atoms with Gasteiger partial charge in [0, 0.05) is 28.2 Å². The molecule has 2 N–H and O–H groups in total. The molecule has 9 heteroatoms. The third-order valence-electron chi connectivity index (χ3n) is 6.14. The van der Waals surface area contributed by atoms with E-state index < -0.39 is 39.9 Å². The summed E-state index contributed by atoms with van der Waals surface area (Å²) in [6.07, 6.45) is 5.17. The number of amides is 3. The topological polar surface area (TPSA) is 95.6 Å². The molecule has 0 saturated heterocycles. The molecule has 35 heavy (non-hydrogen) atoms. The van der Waals surface area contributed by atoms with Crippen molar-refractivity contribution in [3.63, 3.8) is 0 Å². The van der Waals surface area contributed by atoms with E-state index in [-0.39, 0.29) is 18.5 Å². The summed E-state index contributed by atoms with van der Waals surface area (Å²) in [5.41, 5.74) is 2.77. The maximum Gasteiger partial charge on any atom is 0.240 e. The molecule has 2 aromatic carbocycles. The van der Waals surface area contributed by atoms with Crippen LogP contribution in [0.3, 0.4) is 0 Å². The number of hydrogen-bond acceptors (Lipinski definition) is 4. The van der Waals surface area contributed by atoms with E-state index in [1.165, 1.54) is 35.6 Å². The minimum absolute atomic E-state index is 0.107. The van der Waals surface area contributed by atoms with Crippen LogP contribution < -0.4 is 15.5 Å². The molecule has 0 heterocycles. The van der Waals surface area contributed by atoms with Crippen LogP contribution in [0.15, 0.2) is 42.5 Å². The molecule has 1 atom stereocenters.